The fraction of sp³-hybridized carbons (Fsp3) is 0.704. The zero-order valence-electron chi connectivity index (χ0n) is 21.6. The summed E-state index contributed by atoms with van der Waals surface area (Å²) in [6.45, 7) is 11.6. The number of hydrogen-bond acceptors (Lipinski definition) is 5. The van der Waals surface area contributed by atoms with Crippen LogP contribution in [0.15, 0.2) is 18.2 Å². The molecule has 2 amide bonds. The first-order valence-corrected chi connectivity index (χ1v) is 13.2. The molecular weight excluding hydrogens is 447 g/mol. The summed E-state index contributed by atoms with van der Waals surface area (Å²) in [6.07, 6.45) is 5.14. The van der Waals surface area contributed by atoms with Crippen molar-refractivity contribution in [3.63, 3.8) is 0 Å². The van der Waals surface area contributed by atoms with Gasteiger partial charge in [-0.25, -0.2) is 9.18 Å². The van der Waals surface area contributed by atoms with E-state index in [1.54, 1.807) is 11.0 Å². The quantitative estimate of drug-likeness (QED) is 0.610. The number of rotatable bonds is 6. The predicted molar refractivity (Wildman–Crippen MR) is 135 cm³/mol. The third kappa shape index (κ3) is 6.46. The summed E-state index contributed by atoms with van der Waals surface area (Å²) in [5.74, 6) is -0.271. The van der Waals surface area contributed by atoms with Crippen LogP contribution in [-0.2, 0) is 16.1 Å². The molecule has 1 spiro atoms. The molecule has 3 saturated heterocycles. The Balaban J connectivity index is 1.36. The van der Waals surface area contributed by atoms with Crippen molar-refractivity contribution in [3.05, 3.63) is 29.6 Å². The van der Waals surface area contributed by atoms with Crippen molar-refractivity contribution in [2.75, 3.05) is 50.8 Å². The first kappa shape index (κ1) is 25.7. The van der Waals surface area contributed by atoms with Gasteiger partial charge in [0.25, 0.3) is 0 Å². The van der Waals surface area contributed by atoms with Crippen molar-refractivity contribution in [2.24, 2.45) is 5.41 Å². The number of amides is 2. The highest BCUT2D eigenvalue weighted by molar-refractivity contribution is 5.84. The smallest absolute Gasteiger partial charge is 0.409 e. The summed E-state index contributed by atoms with van der Waals surface area (Å²) in [4.78, 5) is 30.9. The van der Waals surface area contributed by atoms with Crippen LogP contribution in [0.5, 0.6) is 0 Å². The Hall–Kier alpha value is -2.35. The number of carbonyl (C=O) groups is 2. The Morgan fingerprint density at radius 3 is 2.49 bits per heavy atom. The van der Waals surface area contributed by atoms with Crippen LogP contribution in [0, 0.1) is 11.2 Å². The summed E-state index contributed by atoms with van der Waals surface area (Å²) < 4.78 is 20.4. The van der Waals surface area contributed by atoms with Gasteiger partial charge in [-0.2, -0.15) is 0 Å². The van der Waals surface area contributed by atoms with E-state index in [9.17, 15) is 9.59 Å². The largest absolute Gasteiger partial charge is 0.449 e. The van der Waals surface area contributed by atoms with Crippen molar-refractivity contribution in [1.29, 1.82) is 0 Å². The molecule has 4 rings (SSSR count). The number of carbonyl (C=O) groups excluding carboxylic acids is 2. The second kappa shape index (κ2) is 10.7. The average molecular weight is 489 g/mol. The molecule has 8 heteroatoms. The van der Waals surface area contributed by atoms with Crippen LogP contribution in [0.25, 0.3) is 0 Å². The van der Waals surface area contributed by atoms with Crippen molar-refractivity contribution in [3.8, 4) is 0 Å². The Labute approximate surface area is 209 Å². The molecule has 3 aliphatic rings. The third-order valence-corrected chi connectivity index (χ3v) is 7.94. The van der Waals surface area contributed by atoms with Gasteiger partial charge in [-0.1, -0.05) is 33.3 Å². The fourth-order valence-corrected chi connectivity index (χ4v) is 5.37. The monoisotopic (exact) mass is 488 g/mol. The molecule has 0 atom stereocenters. The average Bonchev–Trinajstić information content (AvgIpc) is 2.81. The molecule has 0 aromatic heterocycles. The topological polar surface area (TPSA) is 65.1 Å². The molecule has 35 heavy (non-hydrogen) atoms. The molecule has 0 bridgehead atoms. The maximum absolute atomic E-state index is 15.1. The van der Waals surface area contributed by atoms with Gasteiger partial charge in [0.2, 0.25) is 5.91 Å². The molecule has 1 N–H and O–H groups in total. The Morgan fingerprint density at radius 1 is 1.11 bits per heavy atom. The van der Waals surface area contributed by atoms with Gasteiger partial charge in [0, 0.05) is 37.4 Å². The SMILES string of the molecule is CCCCOC(=O)N1CCC2(CC1)CN(c1ccc(CN3CCC(C)(C)CC3)c(F)c1)CC(=O)N2. The highest BCUT2D eigenvalue weighted by Crippen LogP contribution is 2.32. The number of anilines is 1. The number of likely N-dealkylation sites (tertiary alicyclic amines) is 2. The van der Waals surface area contributed by atoms with E-state index in [4.69, 9.17) is 4.74 Å². The van der Waals surface area contributed by atoms with Crippen LogP contribution in [0.4, 0.5) is 14.9 Å². The van der Waals surface area contributed by atoms with E-state index in [0.717, 1.165) is 44.5 Å². The van der Waals surface area contributed by atoms with Crippen LogP contribution < -0.4 is 10.2 Å². The molecule has 0 saturated carbocycles. The minimum absolute atomic E-state index is 0.0596. The number of halogens is 1. The van der Waals surface area contributed by atoms with Crippen LogP contribution in [0.2, 0.25) is 0 Å². The first-order chi connectivity index (χ1) is 16.7. The molecule has 0 unspecified atom stereocenters. The maximum atomic E-state index is 15.1. The van der Waals surface area contributed by atoms with Crippen molar-refractivity contribution in [2.45, 2.75) is 71.4 Å². The van der Waals surface area contributed by atoms with Crippen LogP contribution >= 0.6 is 0 Å². The number of piperidine rings is 2. The van der Waals surface area contributed by atoms with Gasteiger partial charge < -0.3 is 19.9 Å². The number of nitrogens with zero attached hydrogens (tertiary/aromatic N) is 3. The van der Waals surface area contributed by atoms with E-state index in [-0.39, 0.29) is 24.4 Å². The van der Waals surface area contributed by atoms with Gasteiger partial charge in [0.1, 0.15) is 5.82 Å². The highest BCUT2D eigenvalue weighted by Gasteiger charge is 2.42. The minimum atomic E-state index is -0.411. The molecule has 1 aromatic carbocycles. The predicted octanol–water partition coefficient (Wildman–Crippen LogP) is 4.16. The summed E-state index contributed by atoms with van der Waals surface area (Å²) in [5, 5.41) is 3.17. The number of nitrogens with one attached hydrogen (secondary N) is 1. The van der Waals surface area contributed by atoms with Gasteiger partial charge in [-0.05, 0) is 62.7 Å². The van der Waals surface area contributed by atoms with Crippen LogP contribution in [0.3, 0.4) is 0 Å². The zero-order chi connectivity index (χ0) is 25.1. The van der Waals surface area contributed by atoms with Crippen molar-refractivity contribution < 1.29 is 18.7 Å². The Morgan fingerprint density at radius 2 is 1.83 bits per heavy atom. The summed E-state index contributed by atoms with van der Waals surface area (Å²) in [7, 11) is 0. The Bertz CT molecular complexity index is 904. The number of hydrogen-bond donors (Lipinski definition) is 1. The third-order valence-electron chi connectivity index (χ3n) is 7.94. The number of piperazine rings is 1. The minimum Gasteiger partial charge on any atom is -0.449 e. The van der Waals surface area contributed by atoms with E-state index in [2.05, 4.69) is 31.0 Å². The molecule has 3 heterocycles. The van der Waals surface area contributed by atoms with E-state index in [1.807, 2.05) is 17.0 Å². The number of benzene rings is 1. The van der Waals surface area contributed by atoms with Crippen LogP contribution in [-0.4, -0.2) is 73.2 Å². The molecule has 0 aliphatic carbocycles. The highest BCUT2D eigenvalue weighted by atomic mass is 19.1. The fourth-order valence-electron chi connectivity index (χ4n) is 5.37. The molecular formula is C27H41FN4O3. The molecule has 1 aromatic rings. The number of ether oxygens (including phenoxy) is 1. The second-order valence-corrected chi connectivity index (χ2v) is 11.4. The van der Waals surface area contributed by atoms with Gasteiger partial charge in [0.15, 0.2) is 0 Å². The molecule has 194 valence electrons. The lowest BCUT2D eigenvalue weighted by Crippen LogP contribution is -2.66. The van der Waals surface area contributed by atoms with Crippen molar-refractivity contribution >= 4 is 17.7 Å². The lowest BCUT2D eigenvalue weighted by atomic mass is 9.82. The van der Waals surface area contributed by atoms with E-state index < -0.39 is 5.54 Å². The van der Waals surface area contributed by atoms with Crippen LogP contribution in [0.1, 0.15) is 64.9 Å². The van der Waals surface area contributed by atoms with E-state index in [0.29, 0.717) is 56.6 Å². The van der Waals surface area contributed by atoms with Gasteiger partial charge in [-0.3, -0.25) is 9.69 Å². The maximum Gasteiger partial charge on any atom is 0.409 e. The zero-order valence-corrected chi connectivity index (χ0v) is 21.6. The molecule has 3 aliphatic heterocycles. The molecule has 0 radical (unpaired) electrons. The molecule has 7 nitrogen and oxygen atoms in total. The van der Waals surface area contributed by atoms with Gasteiger partial charge in [-0.15, -0.1) is 0 Å². The molecule has 3 fully saturated rings. The van der Waals surface area contributed by atoms with E-state index in [1.165, 1.54) is 0 Å². The standard InChI is InChI=1S/C27H41FN4O3/c1-4-5-16-35-25(34)31-14-10-27(11-15-31)20-32(19-24(33)29-27)22-7-6-21(23(28)17-22)18-30-12-8-26(2,3)9-13-30/h6-7,17H,4-5,8-16,18-20H2,1-3H3,(H,29,33). The summed E-state index contributed by atoms with van der Waals surface area (Å²) in [6, 6.07) is 5.40. The van der Waals surface area contributed by atoms with Gasteiger partial charge >= 0.3 is 6.09 Å². The Kier molecular flexibility index (Phi) is 7.89. The first-order valence-electron chi connectivity index (χ1n) is 13.2. The lowest BCUT2D eigenvalue weighted by Gasteiger charge is -2.48. The van der Waals surface area contributed by atoms with Crippen molar-refractivity contribution in [1.82, 2.24) is 15.1 Å². The summed E-state index contributed by atoms with van der Waals surface area (Å²) >= 11 is 0. The normalized spacial score (nSPS) is 22.2. The second-order valence-electron chi connectivity index (χ2n) is 11.4. The number of unbranched alkanes of at least 4 members (excludes halogenated alkanes) is 1. The van der Waals surface area contributed by atoms with E-state index >= 15 is 4.39 Å². The lowest BCUT2D eigenvalue weighted by molar-refractivity contribution is -0.123. The van der Waals surface area contributed by atoms with Gasteiger partial charge in [0.05, 0.1) is 18.7 Å². The summed E-state index contributed by atoms with van der Waals surface area (Å²) in [5.41, 5.74) is 1.40.